The van der Waals surface area contributed by atoms with Crippen LogP contribution >= 0.6 is 15.9 Å². The second-order valence-corrected chi connectivity index (χ2v) is 5.20. The number of halogens is 1. The monoisotopic (exact) mass is 308 g/mol. The molecule has 0 spiro atoms. The second-order valence-electron chi connectivity index (χ2n) is 4.45. The number of nitrogens with zero attached hydrogens (tertiary/aromatic N) is 4. The molecule has 0 aromatic carbocycles. The molecule has 1 saturated heterocycles. The molecular weight excluding hydrogens is 296 g/mol. The molecule has 0 saturated carbocycles. The Labute approximate surface area is 113 Å². The maximum atomic E-state index is 11.2. The highest BCUT2D eigenvalue weighted by molar-refractivity contribution is 9.10. The summed E-state index contributed by atoms with van der Waals surface area (Å²) in [7, 11) is 0. The summed E-state index contributed by atoms with van der Waals surface area (Å²) in [6.07, 6.45) is 4.98. The van der Waals surface area contributed by atoms with Crippen LogP contribution in [0.2, 0.25) is 0 Å². The van der Waals surface area contributed by atoms with E-state index in [-0.39, 0.29) is 0 Å². The molecule has 1 fully saturated rings. The van der Waals surface area contributed by atoms with Gasteiger partial charge in [-0.3, -0.25) is 14.1 Å². The Morgan fingerprint density at radius 1 is 1.33 bits per heavy atom. The highest BCUT2D eigenvalue weighted by Crippen LogP contribution is 2.20. The highest BCUT2D eigenvalue weighted by Gasteiger charge is 2.19. The van der Waals surface area contributed by atoms with E-state index in [1.165, 1.54) is 0 Å². The smallest absolute Gasteiger partial charge is 0.234 e. The lowest BCUT2D eigenvalue weighted by atomic mass is 10.1. The Morgan fingerprint density at radius 2 is 2.11 bits per heavy atom. The van der Waals surface area contributed by atoms with Crippen LogP contribution in [0.1, 0.15) is 18.5 Å². The lowest BCUT2D eigenvalue weighted by Gasteiger charge is -2.24. The van der Waals surface area contributed by atoms with Gasteiger partial charge < -0.3 is 0 Å². The second kappa shape index (κ2) is 4.78. The van der Waals surface area contributed by atoms with Crippen LogP contribution in [-0.4, -0.2) is 38.1 Å². The van der Waals surface area contributed by atoms with E-state index in [1.807, 2.05) is 16.7 Å². The number of piperidine rings is 1. The predicted molar refractivity (Wildman–Crippen MR) is 70.2 cm³/mol. The molecule has 1 aliphatic heterocycles. The summed E-state index contributed by atoms with van der Waals surface area (Å²) >= 11 is 3.56. The third-order valence-electron chi connectivity index (χ3n) is 3.20. The highest BCUT2D eigenvalue weighted by atomic mass is 79.9. The number of ketones is 1. The molecule has 0 unspecified atom stereocenters. The zero-order chi connectivity index (χ0) is 12.5. The van der Waals surface area contributed by atoms with Gasteiger partial charge in [0.2, 0.25) is 5.78 Å². The average molecular weight is 309 g/mol. The summed E-state index contributed by atoms with van der Waals surface area (Å²) in [4.78, 5) is 22.2. The minimum Gasteiger partial charge on any atom is -0.300 e. The van der Waals surface area contributed by atoms with Crippen molar-refractivity contribution in [2.45, 2.75) is 19.4 Å². The van der Waals surface area contributed by atoms with Crippen molar-refractivity contribution in [2.75, 3.05) is 13.1 Å². The summed E-state index contributed by atoms with van der Waals surface area (Å²) in [5, 5.41) is 0. The molecule has 0 bridgehead atoms. The summed E-state index contributed by atoms with van der Waals surface area (Å²) < 4.78 is 2.87. The Kier molecular flexibility index (Phi) is 3.13. The molecule has 3 rings (SSSR count). The van der Waals surface area contributed by atoms with Gasteiger partial charge in [0.25, 0.3) is 0 Å². The molecule has 0 N–H and O–H groups in total. The molecule has 0 radical (unpaired) electrons. The fourth-order valence-corrected chi connectivity index (χ4v) is 2.67. The van der Waals surface area contributed by atoms with Crippen LogP contribution in [0.5, 0.6) is 0 Å². The normalized spacial score (nSPS) is 17.5. The van der Waals surface area contributed by atoms with Gasteiger partial charge in [-0.25, -0.2) is 9.97 Å². The van der Waals surface area contributed by atoms with E-state index in [4.69, 9.17) is 0 Å². The number of fused-ring (bicyclic) bond motifs is 1. The van der Waals surface area contributed by atoms with E-state index < -0.39 is 0 Å². The first-order valence-electron chi connectivity index (χ1n) is 5.95. The number of hydrogen-bond donors (Lipinski definition) is 0. The van der Waals surface area contributed by atoms with Gasteiger partial charge >= 0.3 is 0 Å². The number of carbonyl (C=O) groups is 1. The molecule has 5 nitrogen and oxygen atoms in total. The van der Waals surface area contributed by atoms with Gasteiger partial charge in [0.15, 0.2) is 0 Å². The standard InChI is InChI=1S/C12H13BrN4O/c13-11-10(8-16-6-2-9(18)3-7-16)15-12-14-4-1-5-17(11)12/h1,4-5H,2-3,6-8H2. The third-order valence-corrected chi connectivity index (χ3v) is 4.04. The lowest BCUT2D eigenvalue weighted by Crippen LogP contribution is -2.33. The number of carbonyl (C=O) groups excluding carboxylic acids is 1. The molecule has 18 heavy (non-hydrogen) atoms. The topological polar surface area (TPSA) is 50.5 Å². The van der Waals surface area contributed by atoms with E-state index in [2.05, 4.69) is 30.8 Å². The van der Waals surface area contributed by atoms with E-state index in [0.29, 0.717) is 24.4 Å². The van der Waals surface area contributed by atoms with Crippen molar-refractivity contribution < 1.29 is 4.79 Å². The van der Waals surface area contributed by atoms with E-state index in [9.17, 15) is 4.79 Å². The number of Topliss-reactive ketones (excluding diaryl/α,β-unsaturated/α-hetero) is 1. The van der Waals surface area contributed by atoms with Crippen LogP contribution in [-0.2, 0) is 11.3 Å². The molecule has 0 atom stereocenters. The molecule has 6 heteroatoms. The summed E-state index contributed by atoms with van der Waals surface area (Å²) in [6.45, 7) is 2.41. The van der Waals surface area contributed by atoms with Gasteiger partial charge in [0.1, 0.15) is 10.4 Å². The quantitative estimate of drug-likeness (QED) is 0.846. The van der Waals surface area contributed by atoms with E-state index >= 15 is 0 Å². The Hall–Kier alpha value is -1.27. The van der Waals surface area contributed by atoms with Gasteiger partial charge in [-0.1, -0.05) is 0 Å². The van der Waals surface area contributed by atoms with Crippen molar-refractivity contribution in [1.29, 1.82) is 0 Å². The third kappa shape index (κ3) is 2.18. The number of hydrogen-bond acceptors (Lipinski definition) is 4. The van der Waals surface area contributed by atoms with Gasteiger partial charge in [0, 0.05) is 44.9 Å². The Balaban J connectivity index is 1.82. The maximum Gasteiger partial charge on any atom is 0.234 e. The minimum absolute atomic E-state index is 0.363. The molecule has 0 aliphatic carbocycles. The maximum absolute atomic E-state index is 11.2. The minimum atomic E-state index is 0.363. The van der Waals surface area contributed by atoms with Crippen LogP contribution in [0.15, 0.2) is 23.1 Å². The first-order valence-corrected chi connectivity index (χ1v) is 6.75. The van der Waals surface area contributed by atoms with Crippen molar-refractivity contribution in [3.8, 4) is 0 Å². The summed E-state index contributed by atoms with van der Waals surface area (Å²) in [6, 6.07) is 1.88. The average Bonchev–Trinajstić information content (AvgIpc) is 2.70. The van der Waals surface area contributed by atoms with Crippen LogP contribution in [0, 0.1) is 0 Å². The Bertz CT molecular complexity index is 585. The van der Waals surface area contributed by atoms with Crippen LogP contribution in [0.4, 0.5) is 0 Å². The first-order chi connectivity index (χ1) is 8.74. The summed E-state index contributed by atoms with van der Waals surface area (Å²) in [5.41, 5.74) is 0.975. The fraction of sp³-hybridized carbons (Fsp3) is 0.417. The fourth-order valence-electron chi connectivity index (χ4n) is 2.18. The molecule has 3 heterocycles. The number of aromatic nitrogens is 3. The zero-order valence-corrected chi connectivity index (χ0v) is 11.4. The number of imidazole rings is 1. The van der Waals surface area contributed by atoms with Crippen LogP contribution in [0.25, 0.3) is 5.78 Å². The van der Waals surface area contributed by atoms with Gasteiger partial charge in [-0.15, -0.1) is 0 Å². The molecule has 1 aliphatic rings. The van der Waals surface area contributed by atoms with E-state index in [0.717, 1.165) is 29.9 Å². The largest absolute Gasteiger partial charge is 0.300 e. The van der Waals surface area contributed by atoms with Crippen molar-refractivity contribution in [2.24, 2.45) is 0 Å². The SMILES string of the molecule is O=C1CCN(Cc2nc3ncccn3c2Br)CC1. The number of rotatable bonds is 2. The lowest BCUT2D eigenvalue weighted by molar-refractivity contribution is -0.121. The van der Waals surface area contributed by atoms with Crippen LogP contribution in [0.3, 0.4) is 0 Å². The van der Waals surface area contributed by atoms with Gasteiger partial charge in [-0.05, 0) is 22.0 Å². The van der Waals surface area contributed by atoms with Crippen molar-refractivity contribution in [3.05, 3.63) is 28.8 Å². The van der Waals surface area contributed by atoms with Gasteiger partial charge in [0.05, 0.1) is 5.69 Å². The van der Waals surface area contributed by atoms with Crippen molar-refractivity contribution in [3.63, 3.8) is 0 Å². The molecule has 2 aromatic rings. The molecule has 0 amide bonds. The van der Waals surface area contributed by atoms with Crippen molar-refractivity contribution >= 4 is 27.5 Å². The molecular formula is C12H13BrN4O. The number of likely N-dealkylation sites (tertiary alicyclic amines) is 1. The predicted octanol–water partition coefficient (Wildman–Crippen LogP) is 1.66. The van der Waals surface area contributed by atoms with Crippen LogP contribution < -0.4 is 0 Å². The first kappa shape index (κ1) is 11.8. The summed E-state index contributed by atoms with van der Waals surface area (Å²) in [5.74, 6) is 1.06. The molecule has 2 aromatic heterocycles. The Morgan fingerprint density at radius 3 is 2.83 bits per heavy atom. The van der Waals surface area contributed by atoms with E-state index in [1.54, 1.807) is 6.20 Å². The molecule has 94 valence electrons. The zero-order valence-electron chi connectivity index (χ0n) is 9.84. The van der Waals surface area contributed by atoms with Crippen molar-refractivity contribution in [1.82, 2.24) is 19.3 Å². The van der Waals surface area contributed by atoms with Gasteiger partial charge in [-0.2, -0.15) is 0 Å².